The highest BCUT2D eigenvalue weighted by Gasteiger charge is 2.06. The Labute approximate surface area is 106 Å². The van der Waals surface area contributed by atoms with Crippen molar-refractivity contribution in [1.82, 2.24) is 0 Å². The van der Waals surface area contributed by atoms with Crippen LogP contribution in [0.5, 0.6) is 5.75 Å². The number of rotatable bonds is 6. The highest BCUT2D eigenvalue weighted by Crippen LogP contribution is 2.24. The largest absolute Gasteiger partial charge is 0.495 e. The zero-order chi connectivity index (χ0) is 13.4. The number of para-hydroxylation sites is 2. The summed E-state index contributed by atoms with van der Waals surface area (Å²) in [7, 11) is 4.46. The van der Waals surface area contributed by atoms with Gasteiger partial charge in [-0.05, 0) is 12.1 Å². The lowest BCUT2D eigenvalue weighted by molar-refractivity contribution is -0.134. The number of carbonyl (C=O) groups is 1. The molecule has 0 saturated carbocycles. The third kappa shape index (κ3) is 4.10. The monoisotopic (exact) mass is 251 g/mol. The van der Waals surface area contributed by atoms with Crippen molar-refractivity contribution in [2.24, 2.45) is 0 Å². The molecule has 0 radical (unpaired) electrons. The van der Waals surface area contributed by atoms with E-state index in [1.54, 1.807) is 14.2 Å². The number of esters is 1. The highest BCUT2D eigenvalue weighted by atomic mass is 16.5. The predicted octanol–water partition coefficient (Wildman–Crippen LogP) is 1.81. The Bertz CT molecular complexity index is 429. The molecule has 0 saturated heterocycles. The SMILES string of the molecule is COC/C(=C/C(=O)OC)Nc1ccccc1OC. The Hall–Kier alpha value is -2.01. The number of methoxy groups -OCH3 is 3. The summed E-state index contributed by atoms with van der Waals surface area (Å²) in [6.07, 6.45) is 1.34. The quantitative estimate of drug-likeness (QED) is 0.617. The lowest BCUT2D eigenvalue weighted by atomic mass is 10.2. The standard InChI is InChI=1S/C13H17NO4/c1-16-9-10(8-13(15)18-3)14-11-6-4-5-7-12(11)17-2/h4-8,14H,9H2,1-3H3/b10-8-. The molecule has 0 atom stereocenters. The summed E-state index contributed by atoms with van der Waals surface area (Å²) in [6, 6.07) is 7.40. The fourth-order valence-electron chi connectivity index (χ4n) is 1.39. The summed E-state index contributed by atoms with van der Waals surface area (Å²) in [4.78, 5) is 11.2. The average molecular weight is 251 g/mol. The maximum absolute atomic E-state index is 11.2. The smallest absolute Gasteiger partial charge is 0.332 e. The van der Waals surface area contributed by atoms with E-state index in [0.29, 0.717) is 11.4 Å². The number of nitrogens with one attached hydrogen (secondary N) is 1. The fourth-order valence-corrected chi connectivity index (χ4v) is 1.39. The topological polar surface area (TPSA) is 56.8 Å². The van der Waals surface area contributed by atoms with Gasteiger partial charge in [-0.1, -0.05) is 12.1 Å². The number of ether oxygens (including phenoxy) is 3. The minimum Gasteiger partial charge on any atom is -0.495 e. The van der Waals surface area contributed by atoms with E-state index in [9.17, 15) is 4.79 Å². The molecule has 0 spiro atoms. The lowest BCUT2D eigenvalue weighted by Gasteiger charge is -2.13. The molecule has 0 fully saturated rings. The minimum atomic E-state index is -0.440. The molecule has 18 heavy (non-hydrogen) atoms. The van der Waals surface area contributed by atoms with Gasteiger partial charge in [-0.2, -0.15) is 0 Å². The van der Waals surface area contributed by atoms with Gasteiger partial charge in [0.05, 0.1) is 26.5 Å². The summed E-state index contributed by atoms with van der Waals surface area (Å²) in [5, 5.41) is 3.07. The van der Waals surface area contributed by atoms with Gasteiger partial charge in [0.15, 0.2) is 0 Å². The van der Waals surface area contributed by atoms with Crippen LogP contribution >= 0.6 is 0 Å². The van der Waals surface area contributed by atoms with Gasteiger partial charge in [-0.25, -0.2) is 4.79 Å². The van der Waals surface area contributed by atoms with Gasteiger partial charge >= 0.3 is 5.97 Å². The van der Waals surface area contributed by atoms with Crippen LogP contribution in [0.3, 0.4) is 0 Å². The van der Waals surface area contributed by atoms with Gasteiger partial charge in [-0.3, -0.25) is 0 Å². The Balaban J connectivity index is 2.89. The first-order valence-corrected chi connectivity index (χ1v) is 5.38. The zero-order valence-electron chi connectivity index (χ0n) is 10.7. The first-order valence-electron chi connectivity index (χ1n) is 5.38. The fraction of sp³-hybridized carbons (Fsp3) is 0.308. The van der Waals surface area contributed by atoms with Crippen molar-refractivity contribution in [3.63, 3.8) is 0 Å². The molecule has 5 nitrogen and oxygen atoms in total. The molecule has 98 valence electrons. The molecule has 0 bridgehead atoms. The predicted molar refractivity (Wildman–Crippen MR) is 68.6 cm³/mol. The first kappa shape index (κ1) is 14.1. The van der Waals surface area contributed by atoms with Crippen LogP contribution in [0.1, 0.15) is 0 Å². The maximum Gasteiger partial charge on any atom is 0.332 e. The van der Waals surface area contributed by atoms with Crippen molar-refractivity contribution in [2.75, 3.05) is 33.3 Å². The van der Waals surface area contributed by atoms with E-state index in [4.69, 9.17) is 9.47 Å². The molecule has 0 aromatic heterocycles. The zero-order valence-corrected chi connectivity index (χ0v) is 10.7. The van der Waals surface area contributed by atoms with Gasteiger partial charge in [0.25, 0.3) is 0 Å². The molecular weight excluding hydrogens is 234 g/mol. The molecule has 1 rings (SSSR count). The number of hydrogen-bond donors (Lipinski definition) is 1. The number of carbonyl (C=O) groups excluding carboxylic acids is 1. The molecule has 5 heteroatoms. The van der Waals surface area contributed by atoms with Crippen LogP contribution in [-0.2, 0) is 14.3 Å². The normalized spacial score (nSPS) is 10.9. The lowest BCUT2D eigenvalue weighted by Crippen LogP contribution is -2.10. The maximum atomic E-state index is 11.2. The van der Waals surface area contributed by atoms with Crippen LogP contribution in [0.25, 0.3) is 0 Å². The van der Waals surface area contributed by atoms with E-state index in [1.807, 2.05) is 24.3 Å². The van der Waals surface area contributed by atoms with Crippen LogP contribution in [0.4, 0.5) is 5.69 Å². The minimum absolute atomic E-state index is 0.271. The third-order valence-corrected chi connectivity index (χ3v) is 2.20. The number of benzene rings is 1. The molecule has 0 aliphatic heterocycles. The van der Waals surface area contributed by atoms with E-state index < -0.39 is 5.97 Å². The summed E-state index contributed by atoms with van der Waals surface area (Å²) >= 11 is 0. The Morgan fingerprint density at radius 3 is 2.61 bits per heavy atom. The van der Waals surface area contributed by atoms with E-state index in [2.05, 4.69) is 10.1 Å². The van der Waals surface area contributed by atoms with Crippen LogP contribution < -0.4 is 10.1 Å². The molecular formula is C13H17NO4. The highest BCUT2D eigenvalue weighted by molar-refractivity contribution is 5.83. The molecule has 0 aliphatic rings. The summed E-state index contributed by atoms with van der Waals surface area (Å²) in [6.45, 7) is 0.271. The Kier molecular flexibility index (Phi) is 5.73. The molecule has 1 aromatic rings. The molecule has 1 aromatic carbocycles. The molecule has 0 amide bonds. The van der Waals surface area contributed by atoms with Crippen molar-refractivity contribution in [1.29, 1.82) is 0 Å². The molecule has 1 N–H and O–H groups in total. The first-order chi connectivity index (χ1) is 8.71. The van der Waals surface area contributed by atoms with Gasteiger partial charge in [-0.15, -0.1) is 0 Å². The van der Waals surface area contributed by atoms with Gasteiger partial charge in [0, 0.05) is 18.9 Å². The average Bonchev–Trinajstić information content (AvgIpc) is 2.39. The second-order valence-corrected chi connectivity index (χ2v) is 3.45. The molecule has 0 heterocycles. The Morgan fingerprint density at radius 2 is 2.00 bits per heavy atom. The van der Waals surface area contributed by atoms with Crippen molar-refractivity contribution in [3.05, 3.63) is 36.0 Å². The second kappa shape index (κ2) is 7.34. The van der Waals surface area contributed by atoms with Crippen molar-refractivity contribution < 1.29 is 19.0 Å². The van der Waals surface area contributed by atoms with Gasteiger partial charge < -0.3 is 19.5 Å². The van der Waals surface area contributed by atoms with E-state index in [0.717, 1.165) is 5.69 Å². The van der Waals surface area contributed by atoms with Crippen LogP contribution in [0, 0.1) is 0 Å². The van der Waals surface area contributed by atoms with Crippen LogP contribution in [0.2, 0.25) is 0 Å². The van der Waals surface area contributed by atoms with Crippen molar-refractivity contribution >= 4 is 11.7 Å². The van der Waals surface area contributed by atoms with E-state index in [-0.39, 0.29) is 6.61 Å². The van der Waals surface area contributed by atoms with Crippen molar-refractivity contribution in [2.45, 2.75) is 0 Å². The molecule has 0 unspecified atom stereocenters. The summed E-state index contributed by atoms with van der Waals surface area (Å²) in [5.74, 6) is 0.244. The number of anilines is 1. The van der Waals surface area contributed by atoms with Gasteiger partial charge in [0.1, 0.15) is 5.75 Å². The number of hydrogen-bond acceptors (Lipinski definition) is 5. The second-order valence-electron chi connectivity index (χ2n) is 3.45. The van der Waals surface area contributed by atoms with Gasteiger partial charge in [0.2, 0.25) is 0 Å². The van der Waals surface area contributed by atoms with Crippen LogP contribution in [0.15, 0.2) is 36.0 Å². The summed E-state index contributed by atoms with van der Waals surface area (Å²) < 4.78 is 14.8. The molecule has 0 aliphatic carbocycles. The van der Waals surface area contributed by atoms with Crippen molar-refractivity contribution in [3.8, 4) is 5.75 Å². The summed E-state index contributed by atoms with van der Waals surface area (Å²) in [5.41, 5.74) is 1.35. The van der Waals surface area contributed by atoms with E-state index >= 15 is 0 Å². The van der Waals surface area contributed by atoms with E-state index in [1.165, 1.54) is 13.2 Å². The van der Waals surface area contributed by atoms with Crippen LogP contribution in [-0.4, -0.2) is 33.9 Å². The Morgan fingerprint density at radius 1 is 1.28 bits per heavy atom. The third-order valence-electron chi connectivity index (χ3n) is 2.20.